The Morgan fingerprint density at radius 1 is 1.06 bits per heavy atom. The lowest BCUT2D eigenvalue weighted by Gasteiger charge is -2.32. The molecule has 0 spiro atoms. The predicted octanol–water partition coefficient (Wildman–Crippen LogP) is 2.87. The highest BCUT2D eigenvalue weighted by Gasteiger charge is 2.34. The number of aliphatic carboxylic acids is 1. The molecule has 4 N–H and O–H groups in total. The number of benzene rings is 1. The Hall–Kier alpha value is -3.62. The van der Waals surface area contributed by atoms with Crippen LogP contribution in [0.2, 0.25) is 0 Å². The van der Waals surface area contributed by atoms with Gasteiger partial charge in [-0.3, -0.25) is 14.4 Å². The summed E-state index contributed by atoms with van der Waals surface area (Å²) in [6, 6.07) is 5.42. The van der Waals surface area contributed by atoms with E-state index >= 15 is 0 Å². The zero-order chi connectivity index (χ0) is 26.9. The quantitative estimate of drug-likeness (QED) is 0.375. The highest BCUT2D eigenvalue weighted by molar-refractivity contribution is 6.03. The number of ether oxygens (including phenoxy) is 1. The van der Waals surface area contributed by atoms with Gasteiger partial charge in [0.15, 0.2) is 0 Å². The summed E-state index contributed by atoms with van der Waals surface area (Å²) >= 11 is 0. The third-order valence-corrected chi connectivity index (χ3v) is 5.16. The Morgan fingerprint density at radius 3 is 2.17 bits per heavy atom. The summed E-state index contributed by atoms with van der Waals surface area (Å²) in [5, 5.41) is 17.3. The number of nitrogens with one attached hydrogen (secondary N) is 3. The topological polar surface area (TPSA) is 134 Å². The van der Waals surface area contributed by atoms with E-state index in [4.69, 9.17) is 4.74 Å². The molecule has 0 aromatic heterocycles. The molecule has 9 heteroatoms. The van der Waals surface area contributed by atoms with Crippen LogP contribution in [-0.4, -0.2) is 48.0 Å². The number of carbonyl (C=O) groups excluding carboxylic acids is 3. The normalized spacial score (nSPS) is 14.1. The Balaban J connectivity index is 3.27. The van der Waals surface area contributed by atoms with E-state index in [2.05, 4.69) is 16.0 Å². The first kappa shape index (κ1) is 29.4. The van der Waals surface area contributed by atoms with Gasteiger partial charge in [-0.05, 0) is 42.0 Å². The minimum Gasteiger partial charge on any atom is -0.497 e. The first-order valence-electron chi connectivity index (χ1n) is 11.3. The highest BCUT2D eigenvalue weighted by atomic mass is 16.5. The van der Waals surface area contributed by atoms with E-state index in [1.54, 1.807) is 45.0 Å². The lowest BCUT2D eigenvalue weighted by molar-refractivity contribution is -0.133. The van der Waals surface area contributed by atoms with Gasteiger partial charge in [-0.2, -0.15) is 0 Å². The van der Waals surface area contributed by atoms with Crippen LogP contribution < -0.4 is 20.7 Å². The van der Waals surface area contributed by atoms with Crippen LogP contribution >= 0.6 is 0 Å². The number of carboxylic acids is 1. The van der Waals surface area contributed by atoms with E-state index in [-0.39, 0.29) is 17.2 Å². The van der Waals surface area contributed by atoms with Crippen molar-refractivity contribution in [3.8, 4) is 5.75 Å². The molecule has 35 heavy (non-hydrogen) atoms. The molecule has 0 fully saturated rings. The van der Waals surface area contributed by atoms with E-state index in [9.17, 15) is 24.3 Å². The van der Waals surface area contributed by atoms with Crippen molar-refractivity contribution < 1.29 is 29.0 Å². The fourth-order valence-corrected chi connectivity index (χ4v) is 3.12. The van der Waals surface area contributed by atoms with Crippen molar-refractivity contribution in [1.82, 2.24) is 16.0 Å². The summed E-state index contributed by atoms with van der Waals surface area (Å²) in [7, 11) is 1.52. The Labute approximate surface area is 207 Å². The predicted molar refractivity (Wildman–Crippen MR) is 134 cm³/mol. The molecule has 0 bridgehead atoms. The second kappa shape index (κ2) is 12.7. The first-order valence-corrected chi connectivity index (χ1v) is 11.3. The summed E-state index contributed by atoms with van der Waals surface area (Å²) in [5.41, 5.74) is 0.00271. The molecule has 0 heterocycles. The van der Waals surface area contributed by atoms with Crippen molar-refractivity contribution in [2.24, 2.45) is 11.3 Å². The van der Waals surface area contributed by atoms with E-state index in [1.165, 1.54) is 33.1 Å². The lowest BCUT2D eigenvalue weighted by atomic mass is 9.85. The highest BCUT2D eigenvalue weighted by Crippen LogP contribution is 2.21. The summed E-state index contributed by atoms with van der Waals surface area (Å²) in [6.07, 6.45) is 2.98. The number of carbonyl (C=O) groups is 4. The van der Waals surface area contributed by atoms with Gasteiger partial charge in [0.25, 0.3) is 5.91 Å². The molecule has 1 rings (SSSR count). The maximum atomic E-state index is 13.3. The zero-order valence-corrected chi connectivity index (χ0v) is 21.7. The SMILES string of the molecule is COc1cccc(/C=C(\NC(C)=O)C(=O)N[C@H](C(=O)N[C@H](/C=C(\C)C(=O)O)C(C)C)C(C)(C)C)c1. The molecule has 0 saturated heterocycles. The van der Waals surface area contributed by atoms with Gasteiger partial charge >= 0.3 is 5.97 Å². The molecule has 0 saturated carbocycles. The maximum Gasteiger partial charge on any atom is 0.331 e. The van der Waals surface area contributed by atoms with Gasteiger partial charge in [0.1, 0.15) is 17.5 Å². The molecule has 9 nitrogen and oxygen atoms in total. The molecule has 0 unspecified atom stereocenters. The van der Waals surface area contributed by atoms with E-state index in [0.717, 1.165) is 0 Å². The van der Waals surface area contributed by atoms with Crippen LogP contribution in [0.3, 0.4) is 0 Å². The van der Waals surface area contributed by atoms with Crippen LogP contribution in [0, 0.1) is 11.3 Å². The third kappa shape index (κ3) is 9.64. The van der Waals surface area contributed by atoms with Gasteiger partial charge in [0, 0.05) is 12.5 Å². The smallest absolute Gasteiger partial charge is 0.331 e. The van der Waals surface area contributed by atoms with Crippen molar-refractivity contribution in [3.05, 3.63) is 47.2 Å². The van der Waals surface area contributed by atoms with Crippen LogP contribution in [0.15, 0.2) is 41.6 Å². The Bertz CT molecular complexity index is 1000. The molecular weight excluding hydrogens is 450 g/mol. The van der Waals surface area contributed by atoms with Crippen LogP contribution in [0.25, 0.3) is 6.08 Å². The number of rotatable bonds is 10. The van der Waals surface area contributed by atoms with E-state index < -0.39 is 41.2 Å². The molecule has 192 valence electrons. The van der Waals surface area contributed by atoms with Gasteiger partial charge in [-0.15, -0.1) is 0 Å². The van der Waals surface area contributed by atoms with Crippen LogP contribution in [0.1, 0.15) is 54.0 Å². The van der Waals surface area contributed by atoms with Gasteiger partial charge in [-0.1, -0.05) is 52.8 Å². The van der Waals surface area contributed by atoms with E-state index in [0.29, 0.717) is 11.3 Å². The molecule has 2 atom stereocenters. The first-order chi connectivity index (χ1) is 16.1. The molecular formula is C26H37N3O6. The summed E-state index contributed by atoms with van der Waals surface area (Å²) in [4.78, 5) is 49.5. The largest absolute Gasteiger partial charge is 0.497 e. The Kier molecular flexibility index (Phi) is 10.7. The molecule has 0 radical (unpaired) electrons. The van der Waals surface area contributed by atoms with Crippen molar-refractivity contribution in [1.29, 1.82) is 0 Å². The van der Waals surface area contributed by atoms with Gasteiger partial charge in [0.2, 0.25) is 11.8 Å². The monoisotopic (exact) mass is 487 g/mol. The third-order valence-electron chi connectivity index (χ3n) is 5.16. The molecule has 0 aliphatic carbocycles. The van der Waals surface area contributed by atoms with Crippen molar-refractivity contribution in [3.63, 3.8) is 0 Å². The fourth-order valence-electron chi connectivity index (χ4n) is 3.12. The molecule has 3 amide bonds. The number of amides is 3. The van der Waals surface area contributed by atoms with Crippen molar-refractivity contribution in [2.75, 3.05) is 7.11 Å². The Morgan fingerprint density at radius 2 is 1.69 bits per heavy atom. The van der Waals surface area contributed by atoms with Crippen LogP contribution in [-0.2, 0) is 19.2 Å². The number of methoxy groups -OCH3 is 1. The number of hydrogen-bond acceptors (Lipinski definition) is 5. The minimum atomic E-state index is -1.08. The molecule has 1 aromatic carbocycles. The number of carboxylic acid groups (broad SMARTS) is 1. The van der Waals surface area contributed by atoms with Crippen molar-refractivity contribution >= 4 is 29.8 Å². The van der Waals surface area contributed by atoms with Crippen molar-refractivity contribution in [2.45, 2.75) is 60.5 Å². The van der Waals surface area contributed by atoms with Gasteiger partial charge < -0.3 is 25.8 Å². The summed E-state index contributed by atoms with van der Waals surface area (Å²) in [6.45, 7) is 11.8. The van der Waals surface area contributed by atoms with Gasteiger partial charge in [0.05, 0.1) is 13.2 Å². The average Bonchev–Trinajstić information content (AvgIpc) is 2.74. The van der Waals surface area contributed by atoms with Crippen LogP contribution in [0.5, 0.6) is 5.75 Å². The standard InChI is InChI=1S/C26H37N3O6/c1-15(2)20(12-16(3)25(33)34)28-24(32)22(26(5,6)7)29-23(31)21(27-17(4)30)14-18-10-9-11-19(13-18)35-8/h9-15,20,22H,1-8H3,(H,27,30)(H,28,32)(H,29,31)(H,33,34)/b16-12+,21-14-/t20-,22-/m1/s1. The molecule has 0 aliphatic rings. The van der Waals surface area contributed by atoms with Gasteiger partial charge in [-0.25, -0.2) is 4.79 Å². The van der Waals surface area contributed by atoms with Crippen LogP contribution in [0.4, 0.5) is 0 Å². The number of hydrogen-bond donors (Lipinski definition) is 4. The second-order valence-corrected chi connectivity index (χ2v) is 9.72. The fraction of sp³-hybridized carbons (Fsp3) is 0.462. The maximum absolute atomic E-state index is 13.3. The average molecular weight is 488 g/mol. The van der Waals surface area contributed by atoms with E-state index in [1.807, 2.05) is 13.8 Å². The zero-order valence-electron chi connectivity index (χ0n) is 21.7. The lowest BCUT2D eigenvalue weighted by Crippen LogP contribution is -2.56. The summed E-state index contributed by atoms with van der Waals surface area (Å²) in [5.74, 6) is -2.14. The molecule has 1 aromatic rings. The minimum absolute atomic E-state index is 0.0326. The molecule has 0 aliphatic heterocycles. The second-order valence-electron chi connectivity index (χ2n) is 9.72. The summed E-state index contributed by atoms with van der Waals surface area (Å²) < 4.78 is 5.21.